The Hall–Kier alpha value is -1.66. The average Bonchev–Trinajstić information content (AvgIpc) is 3.31. The highest BCUT2D eigenvalue weighted by atomic mass is 32.2. The van der Waals surface area contributed by atoms with Crippen LogP contribution in [0.25, 0.3) is 0 Å². The van der Waals surface area contributed by atoms with Crippen molar-refractivity contribution in [1.82, 2.24) is 0 Å². The first kappa shape index (κ1) is 21.6. The molecule has 2 aromatic rings. The zero-order valence-electron chi connectivity index (χ0n) is 17.6. The SMILES string of the molecule is CC(CC1CCC2CCC(C)(S(=O)(=O)c3ccccc3)C21)S(=O)(=O)c1ccccc1. The Morgan fingerprint density at radius 1 is 0.867 bits per heavy atom. The van der Waals surface area contributed by atoms with Gasteiger partial charge in [0.25, 0.3) is 0 Å². The van der Waals surface area contributed by atoms with Gasteiger partial charge < -0.3 is 0 Å². The fourth-order valence-electron chi connectivity index (χ4n) is 5.97. The second kappa shape index (κ2) is 7.79. The molecule has 4 rings (SSSR count). The smallest absolute Gasteiger partial charge is 0.184 e. The molecule has 2 aliphatic rings. The Morgan fingerprint density at radius 2 is 1.43 bits per heavy atom. The third-order valence-corrected chi connectivity index (χ3v) is 12.3. The summed E-state index contributed by atoms with van der Waals surface area (Å²) in [5, 5.41) is -0.534. The fraction of sp³-hybridized carbons (Fsp3) is 0.500. The summed E-state index contributed by atoms with van der Waals surface area (Å²) < 4.78 is 52.6. The zero-order chi connectivity index (χ0) is 21.6. The minimum atomic E-state index is -3.50. The van der Waals surface area contributed by atoms with Gasteiger partial charge in [-0.15, -0.1) is 0 Å². The molecule has 0 bridgehead atoms. The topological polar surface area (TPSA) is 68.3 Å². The maximum atomic E-state index is 13.6. The van der Waals surface area contributed by atoms with E-state index in [-0.39, 0.29) is 11.8 Å². The Balaban J connectivity index is 1.62. The number of hydrogen-bond acceptors (Lipinski definition) is 4. The molecule has 2 saturated carbocycles. The van der Waals surface area contributed by atoms with Crippen molar-refractivity contribution in [2.75, 3.05) is 0 Å². The Bertz CT molecular complexity index is 1090. The lowest BCUT2D eigenvalue weighted by Crippen LogP contribution is -2.43. The van der Waals surface area contributed by atoms with Gasteiger partial charge in [-0.3, -0.25) is 0 Å². The lowest BCUT2D eigenvalue weighted by molar-refractivity contribution is 0.282. The van der Waals surface area contributed by atoms with Crippen LogP contribution in [-0.4, -0.2) is 26.8 Å². The molecular weight excluding hydrogens is 416 g/mol. The Labute approximate surface area is 180 Å². The quantitative estimate of drug-likeness (QED) is 0.632. The number of hydrogen-bond donors (Lipinski definition) is 0. The minimum absolute atomic E-state index is 0.0103. The minimum Gasteiger partial charge on any atom is -0.223 e. The molecule has 0 amide bonds. The number of fused-ring (bicyclic) bond motifs is 1. The van der Waals surface area contributed by atoms with E-state index in [1.807, 2.05) is 19.1 Å². The van der Waals surface area contributed by atoms with E-state index in [2.05, 4.69) is 0 Å². The molecule has 5 atom stereocenters. The molecule has 0 aliphatic heterocycles. The number of rotatable bonds is 6. The van der Waals surface area contributed by atoms with Crippen LogP contribution >= 0.6 is 0 Å². The Kier molecular flexibility index (Phi) is 5.60. The predicted molar refractivity (Wildman–Crippen MR) is 119 cm³/mol. The number of sulfone groups is 2. The first-order valence-corrected chi connectivity index (χ1v) is 13.8. The molecular formula is C24H30O4S2. The lowest BCUT2D eigenvalue weighted by atomic mass is 9.82. The van der Waals surface area contributed by atoms with Gasteiger partial charge in [-0.1, -0.05) is 36.4 Å². The first-order valence-electron chi connectivity index (χ1n) is 10.8. The predicted octanol–water partition coefficient (Wildman–Crippen LogP) is 4.91. The molecule has 0 spiro atoms. The summed E-state index contributed by atoms with van der Waals surface area (Å²) in [5.41, 5.74) is 0. The van der Waals surface area contributed by atoms with Crippen molar-refractivity contribution < 1.29 is 16.8 Å². The molecule has 0 heterocycles. The largest absolute Gasteiger partial charge is 0.223 e. The summed E-state index contributed by atoms with van der Waals surface area (Å²) in [4.78, 5) is 0.724. The van der Waals surface area contributed by atoms with Crippen LogP contribution in [0.4, 0.5) is 0 Å². The van der Waals surface area contributed by atoms with Gasteiger partial charge in [0, 0.05) is 0 Å². The highest BCUT2D eigenvalue weighted by Crippen LogP contribution is 2.58. The van der Waals surface area contributed by atoms with Crippen molar-refractivity contribution >= 4 is 19.7 Å². The van der Waals surface area contributed by atoms with Gasteiger partial charge in [-0.2, -0.15) is 0 Å². The second-order valence-electron chi connectivity index (χ2n) is 9.20. The second-order valence-corrected chi connectivity index (χ2v) is 14.0. The first-order chi connectivity index (χ1) is 14.2. The fourth-order valence-corrected chi connectivity index (χ4v) is 9.66. The summed E-state index contributed by atoms with van der Waals surface area (Å²) >= 11 is 0. The van der Waals surface area contributed by atoms with Crippen molar-refractivity contribution in [3.63, 3.8) is 0 Å². The van der Waals surface area contributed by atoms with Gasteiger partial charge in [-0.05, 0) is 88.0 Å². The van der Waals surface area contributed by atoms with Crippen LogP contribution in [0, 0.1) is 17.8 Å². The summed E-state index contributed by atoms with van der Waals surface area (Å²) in [6, 6.07) is 17.3. The Morgan fingerprint density at radius 3 is 2.03 bits per heavy atom. The summed E-state index contributed by atoms with van der Waals surface area (Å²) in [7, 11) is -6.93. The molecule has 0 saturated heterocycles. The van der Waals surface area contributed by atoms with Gasteiger partial charge in [0.15, 0.2) is 19.7 Å². The monoisotopic (exact) mass is 446 g/mol. The van der Waals surface area contributed by atoms with Crippen molar-refractivity contribution in [1.29, 1.82) is 0 Å². The van der Waals surface area contributed by atoms with Crippen molar-refractivity contribution in [3.05, 3.63) is 60.7 Å². The van der Waals surface area contributed by atoms with Crippen LogP contribution in [0.3, 0.4) is 0 Å². The molecule has 162 valence electrons. The standard InChI is InChI=1S/C24H30O4S2/c1-18(29(25,26)21-9-5-3-6-10-21)17-20-14-13-19-15-16-24(2,23(19)20)30(27,28)22-11-7-4-8-12-22/h3-12,18-20,23H,13-17H2,1-2H3. The van der Waals surface area contributed by atoms with E-state index in [9.17, 15) is 16.8 Å². The molecule has 2 aliphatic carbocycles. The van der Waals surface area contributed by atoms with Crippen molar-refractivity contribution in [2.45, 2.75) is 65.7 Å². The molecule has 0 N–H and O–H groups in total. The van der Waals surface area contributed by atoms with E-state index in [1.54, 1.807) is 55.5 Å². The maximum Gasteiger partial charge on any atom is 0.184 e. The van der Waals surface area contributed by atoms with E-state index < -0.39 is 29.7 Å². The van der Waals surface area contributed by atoms with Crippen LogP contribution in [0.1, 0.15) is 46.0 Å². The third-order valence-electron chi connectivity index (χ3n) is 7.54. The van der Waals surface area contributed by atoms with E-state index in [4.69, 9.17) is 0 Å². The highest BCUT2D eigenvalue weighted by Gasteiger charge is 2.58. The van der Waals surface area contributed by atoms with Crippen LogP contribution in [0.2, 0.25) is 0 Å². The van der Waals surface area contributed by atoms with Gasteiger partial charge in [-0.25, -0.2) is 16.8 Å². The molecule has 6 heteroatoms. The van der Waals surface area contributed by atoms with E-state index >= 15 is 0 Å². The summed E-state index contributed by atoms with van der Waals surface area (Å²) in [6.07, 6.45) is 3.97. The van der Waals surface area contributed by atoms with Crippen molar-refractivity contribution in [3.8, 4) is 0 Å². The van der Waals surface area contributed by atoms with Crippen LogP contribution in [0.15, 0.2) is 70.5 Å². The molecule has 2 aromatic carbocycles. The highest BCUT2D eigenvalue weighted by molar-refractivity contribution is 7.93. The van der Waals surface area contributed by atoms with Gasteiger partial charge in [0.05, 0.1) is 19.8 Å². The van der Waals surface area contributed by atoms with Crippen LogP contribution in [-0.2, 0) is 19.7 Å². The van der Waals surface area contributed by atoms with Gasteiger partial charge in [0.2, 0.25) is 0 Å². The molecule has 30 heavy (non-hydrogen) atoms. The van der Waals surface area contributed by atoms with E-state index in [0.717, 1.165) is 19.3 Å². The number of benzene rings is 2. The van der Waals surface area contributed by atoms with Crippen molar-refractivity contribution in [2.24, 2.45) is 17.8 Å². The molecule has 4 nitrogen and oxygen atoms in total. The van der Waals surface area contributed by atoms with E-state index in [1.165, 1.54) is 0 Å². The molecule has 2 fully saturated rings. The van der Waals surface area contributed by atoms with Crippen LogP contribution < -0.4 is 0 Å². The normalized spacial score (nSPS) is 30.1. The molecule has 5 unspecified atom stereocenters. The third kappa shape index (κ3) is 3.42. The summed E-state index contributed by atoms with van der Waals surface area (Å²) in [5.74, 6) is 0.482. The van der Waals surface area contributed by atoms with Crippen LogP contribution in [0.5, 0.6) is 0 Å². The molecule has 0 aromatic heterocycles. The maximum absolute atomic E-state index is 13.6. The van der Waals surface area contributed by atoms with E-state index in [0.29, 0.717) is 28.6 Å². The zero-order valence-corrected chi connectivity index (χ0v) is 19.2. The average molecular weight is 447 g/mol. The lowest BCUT2D eigenvalue weighted by Gasteiger charge is -2.36. The summed E-state index contributed by atoms with van der Waals surface area (Å²) in [6.45, 7) is 3.67. The van der Waals surface area contributed by atoms with Gasteiger partial charge >= 0.3 is 0 Å². The van der Waals surface area contributed by atoms with Gasteiger partial charge in [0.1, 0.15) is 0 Å². The molecule has 0 radical (unpaired) electrons.